The number of methoxy groups -OCH3 is 1. The van der Waals surface area contributed by atoms with Crippen LogP contribution in [0.3, 0.4) is 0 Å². The molecule has 0 radical (unpaired) electrons. The average molecular weight is 300 g/mol. The Kier molecular flexibility index (Phi) is 6.22. The molecule has 0 unspecified atom stereocenters. The Labute approximate surface area is 111 Å². The molecular formula is C13H18BrNO2. The van der Waals surface area contributed by atoms with Crippen molar-refractivity contribution in [1.82, 2.24) is 5.32 Å². The maximum absolute atomic E-state index is 11.9. The van der Waals surface area contributed by atoms with E-state index in [-0.39, 0.29) is 5.91 Å². The second-order valence-electron chi connectivity index (χ2n) is 3.89. The maximum atomic E-state index is 11.9. The molecule has 1 aromatic carbocycles. The third-order valence-corrected chi connectivity index (χ3v) is 3.55. The lowest BCUT2D eigenvalue weighted by Gasteiger charge is -2.08. The van der Waals surface area contributed by atoms with Gasteiger partial charge in [0.05, 0.1) is 5.56 Å². The van der Waals surface area contributed by atoms with Crippen molar-refractivity contribution in [2.24, 2.45) is 0 Å². The van der Waals surface area contributed by atoms with Crippen molar-refractivity contribution in [2.45, 2.75) is 19.8 Å². The topological polar surface area (TPSA) is 38.3 Å². The van der Waals surface area contributed by atoms with Crippen molar-refractivity contribution in [3.63, 3.8) is 0 Å². The predicted octanol–water partition coefficient (Wildman–Crippen LogP) is 2.91. The number of aryl methyl sites for hydroxylation is 1. The average Bonchev–Trinajstić information content (AvgIpc) is 2.32. The van der Waals surface area contributed by atoms with Crippen molar-refractivity contribution < 1.29 is 9.53 Å². The van der Waals surface area contributed by atoms with Gasteiger partial charge < -0.3 is 10.1 Å². The molecule has 1 N–H and O–H groups in total. The zero-order valence-corrected chi connectivity index (χ0v) is 11.8. The monoisotopic (exact) mass is 299 g/mol. The van der Waals surface area contributed by atoms with Crippen LogP contribution in [-0.4, -0.2) is 26.2 Å². The smallest absolute Gasteiger partial charge is 0.252 e. The lowest BCUT2D eigenvalue weighted by Crippen LogP contribution is -2.25. The fraction of sp³-hybridized carbons (Fsp3) is 0.462. The van der Waals surface area contributed by atoms with Gasteiger partial charge in [-0.15, -0.1) is 0 Å². The van der Waals surface area contributed by atoms with Crippen LogP contribution in [0, 0.1) is 6.92 Å². The van der Waals surface area contributed by atoms with Gasteiger partial charge in [0.15, 0.2) is 0 Å². The lowest BCUT2D eigenvalue weighted by molar-refractivity contribution is 0.0950. The molecule has 0 aliphatic heterocycles. The predicted molar refractivity (Wildman–Crippen MR) is 72.3 cm³/mol. The number of hydrogen-bond acceptors (Lipinski definition) is 2. The van der Waals surface area contributed by atoms with Gasteiger partial charge in [-0.3, -0.25) is 4.79 Å². The number of benzene rings is 1. The Morgan fingerprint density at radius 3 is 2.88 bits per heavy atom. The molecule has 4 heteroatoms. The molecule has 0 bridgehead atoms. The quantitative estimate of drug-likeness (QED) is 0.820. The third kappa shape index (κ3) is 4.48. The summed E-state index contributed by atoms with van der Waals surface area (Å²) >= 11 is 3.43. The van der Waals surface area contributed by atoms with E-state index in [4.69, 9.17) is 4.74 Å². The standard InChI is InChI=1S/C13H18BrNO2/c1-10-6-5-7-11(12(10)14)13(16)15-8-3-4-9-17-2/h5-7H,3-4,8-9H2,1-2H3,(H,15,16). The lowest BCUT2D eigenvalue weighted by atomic mass is 10.1. The van der Waals surface area contributed by atoms with Crippen LogP contribution in [0.25, 0.3) is 0 Å². The first-order valence-corrected chi connectivity index (χ1v) is 6.48. The van der Waals surface area contributed by atoms with E-state index in [1.54, 1.807) is 7.11 Å². The molecular weight excluding hydrogens is 282 g/mol. The number of rotatable bonds is 6. The molecule has 0 aliphatic rings. The molecule has 0 atom stereocenters. The highest BCUT2D eigenvalue weighted by atomic mass is 79.9. The highest BCUT2D eigenvalue weighted by molar-refractivity contribution is 9.10. The van der Waals surface area contributed by atoms with E-state index < -0.39 is 0 Å². The number of carbonyl (C=O) groups is 1. The molecule has 0 aliphatic carbocycles. The number of halogens is 1. The number of carbonyl (C=O) groups excluding carboxylic acids is 1. The van der Waals surface area contributed by atoms with Crippen LogP contribution in [0.4, 0.5) is 0 Å². The van der Waals surface area contributed by atoms with E-state index in [9.17, 15) is 4.79 Å². The van der Waals surface area contributed by atoms with Gasteiger partial charge in [-0.1, -0.05) is 12.1 Å². The first-order chi connectivity index (χ1) is 8.16. The molecule has 1 aromatic rings. The highest BCUT2D eigenvalue weighted by Crippen LogP contribution is 2.20. The van der Waals surface area contributed by atoms with E-state index in [0.29, 0.717) is 12.1 Å². The van der Waals surface area contributed by atoms with Gasteiger partial charge in [-0.05, 0) is 47.3 Å². The minimum Gasteiger partial charge on any atom is -0.385 e. The Balaban J connectivity index is 2.44. The third-order valence-electron chi connectivity index (χ3n) is 2.50. The first kappa shape index (κ1) is 14.2. The molecule has 17 heavy (non-hydrogen) atoms. The minimum absolute atomic E-state index is 0.0296. The second-order valence-corrected chi connectivity index (χ2v) is 4.69. The molecule has 3 nitrogen and oxygen atoms in total. The van der Waals surface area contributed by atoms with Crippen LogP contribution < -0.4 is 5.32 Å². The van der Waals surface area contributed by atoms with Crippen molar-refractivity contribution in [3.8, 4) is 0 Å². The molecule has 0 aromatic heterocycles. The molecule has 94 valence electrons. The number of nitrogens with one attached hydrogen (secondary N) is 1. The molecule has 0 spiro atoms. The molecule has 0 saturated heterocycles. The van der Waals surface area contributed by atoms with Crippen molar-refractivity contribution in [3.05, 3.63) is 33.8 Å². The van der Waals surface area contributed by atoms with E-state index >= 15 is 0 Å². The van der Waals surface area contributed by atoms with Gasteiger partial charge in [-0.2, -0.15) is 0 Å². The van der Waals surface area contributed by atoms with Crippen LogP contribution in [0.2, 0.25) is 0 Å². The van der Waals surface area contributed by atoms with Crippen LogP contribution in [0.15, 0.2) is 22.7 Å². The van der Waals surface area contributed by atoms with Gasteiger partial charge in [0.2, 0.25) is 0 Å². The van der Waals surface area contributed by atoms with Gasteiger partial charge in [-0.25, -0.2) is 0 Å². The molecule has 0 saturated carbocycles. The molecule has 1 rings (SSSR count). The van der Waals surface area contributed by atoms with Gasteiger partial charge in [0.1, 0.15) is 0 Å². The summed E-state index contributed by atoms with van der Waals surface area (Å²) < 4.78 is 5.82. The zero-order valence-electron chi connectivity index (χ0n) is 10.3. The summed E-state index contributed by atoms with van der Waals surface area (Å²) in [5.41, 5.74) is 1.76. The number of amides is 1. The molecule has 0 fully saturated rings. The van der Waals surface area contributed by atoms with Gasteiger partial charge in [0.25, 0.3) is 5.91 Å². The normalized spacial score (nSPS) is 10.3. The number of unbranched alkanes of at least 4 members (excludes halogenated alkanes) is 1. The van der Waals surface area contributed by atoms with E-state index in [1.165, 1.54) is 0 Å². The summed E-state index contributed by atoms with van der Waals surface area (Å²) in [4.78, 5) is 11.9. The SMILES string of the molecule is COCCCCNC(=O)c1cccc(C)c1Br. The minimum atomic E-state index is -0.0296. The summed E-state index contributed by atoms with van der Waals surface area (Å²) in [6.07, 6.45) is 1.90. The maximum Gasteiger partial charge on any atom is 0.252 e. The van der Waals surface area contributed by atoms with Crippen LogP contribution in [-0.2, 0) is 4.74 Å². The van der Waals surface area contributed by atoms with E-state index in [0.717, 1.165) is 29.5 Å². The van der Waals surface area contributed by atoms with Crippen LogP contribution >= 0.6 is 15.9 Å². The first-order valence-electron chi connectivity index (χ1n) is 5.69. The van der Waals surface area contributed by atoms with Crippen molar-refractivity contribution in [1.29, 1.82) is 0 Å². The summed E-state index contributed by atoms with van der Waals surface area (Å²) in [6.45, 7) is 3.39. The van der Waals surface area contributed by atoms with Crippen molar-refractivity contribution >= 4 is 21.8 Å². The Hall–Kier alpha value is -0.870. The Morgan fingerprint density at radius 2 is 2.18 bits per heavy atom. The Bertz CT molecular complexity index is 380. The Morgan fingerprint density at radius 1 is 1.41 bits per heavy atom. The van der Waals surface area contributed by atoms with E-state index in [1.807, 2.05) is 25.1 Å². The molecule has 1 amide bonds. The fourth-order valence-corrected chi connectivity index (χ4v) is 1.94. The summed E-state index contributed by atoms with van der Waals surface area (Å²) in [5, 5.41) is 2.90. The summed E-state index contributed by atoms with van der Waals surface area (Å²) in [5.74, 6) is -0.0296. The van der Waals surface area contributed by atoms with Crippen LogP contribution in [0.1, 0.15) is 28.8 Å². The number of hydrogen-bond donors (Lipinski definition) is 1. The number of ether oxygens (including phenoxy) is 1. The van der Waals surface area contributed by atoms with E-state index in [2.05, 4.69) is 21.2 Å². The van der Waals surface area contributed by atoms with Crippen molar-refractivity contribution in [2.75, 3.05) is 20.3 Å². The molecule has 0 heterocycles. The fourth-order valence-electron chi connectivity index (χ4n) is 1.49. The highest BCUT2D eigenvalue weighted by Gasteiger charge is 2.10. The summed E-state index contributed by atoms with van der Waals surface area (Å²) in [6, 6.07) is 5.68. The second kappa shape index (κ2) is 7.45. The van der Waals surface area contributed by atoms with Gasteiger partial charge >= 0.3 is 0 Å². The zero-order chi connectivity index (χ0) is 12.7. The largest absolute Gasteiger partial charge is 0.385 e. The van der Waals surface area contributed by atoms with Gasteiger partial charge in [0, 0.05) is 24.7 Å². The van der Waals surface area contributed by atoms with Crippen LogP contribution in [0.5, 0.6) is 0 Å². The summed E-state index contributed by atoms with van der Waals surface area (Å²) in [7, 11) is 1.68.